The first-order valence-corrected chi connectivity index (χ1v) is 10.9. The lowest BCUT2D eigenvalue weighted by atomic mass is 9.68. The zero-order chi connectivity index (χ0) is 18.4. The minimum Gasteiger partial charge on any atom is -0.360 e. The fourth-order valence-corrected chi connectivity index (χ4v) is 6.19. The van der Waals surface area contributed by atoms with E-state index in [1.807, 2.05) is 0 Å². The van der Waals surface area contributed by atoms with Crippen molar-refractivity contribution in [3.8, 4) is 0 Å². The van der Waals surface area contributed by atoms with E-state index < -0.39 is 0 Å². The molecule has 2 unspecified atom stereocenters. The summed E-state index contributed by atoms with van der Waals surface area (Å²) in [7, 11) is 0. The van der Waals surface area contributed by atoms with E-state index in [0.717, 1.165) is 19.0 Å². The first-order valence-electron chi connectivity index (χ1n) is 10.5. The molecule has 2 bridgehead atoms. The van der Waals surface area contributed by atoms with Gasteiger partial charge in [-0.3, -0.25) is 9.69 Å². The van der Waals surface area contributed by atoms with Crippen LogP contribution < -0.4 is 0 Å². The highest BCUT2D eigenvalue weighted by Crippen LogP contribution is 2.45. The van der Waals surface area contributed by atoms with Gasteiger partial charge in [0.2, 0.25) is 5.91 Å². The highest BCUT2D eigenvalue weighted by atomic mass is 35.5. The molecule has 0 N–H and O–H groups in total. The number of fused-ring (bicyclic) bond motifs is 6. The van der Waals surface area contributed by atoms with Crippen molar-refractivity contribution in [2.24, 2.45) is 11.8 Å². The second-order valence-electron chi connectivity index (χ2n) is 8.71. The minimum absolute atomic E-state index is 0.248. The van der Waals surface area contributed by atoms with Gasteiger partial charge in [0.15, 0.2) is 5.15 Å². The van der Waals surface area contributed by atoms with E-state index in [2.05, 4.69) is 21.0 Å². The Morgan fingerprint density at radius 1 is 1.30 bits per heavy atom. The van der Waals surface area contributed by atoms with Crippen LogP contribution in [-0.2, 0) is 11.2 Å². The molecule has 1 aromatic rings. The van der Waals surface area contributed by atoms with Gasteiger partial charge in [-0.15, -0.1) is 0 Å². The summed E-state index contributed by atoms with van der Waals surface area (Å²) in [4.78, 5) is 18.0. The van der Waals surface area contributed by atoms with Crippen molar-refractivity contribution in [3.05, 3.63) is 28.6 Å². The second kappa shape index (κ2) is 7.25. The van der Waals surface area contributed by atoms with Crippen molar-refractivity contribution in [1.29, 1.82) is 0 Å². The number of likely N-dealkylation sites (tertiary alicyclic amines) is 1. The van der Waals surface area contributed by atoms with Crippen LogP contribution in [0.15, 0.2) is 22.2 Å². The van der Waals surface area contributed by atoms with Gasteiger partial charge in [0.1, 0.15) is 5.76 Å². The van der Waals surface area contributed by atoms with Crippen molar-refractivity contribution in [2.75, 3.05) is 19.6 Å². The van der Waals surface area contributed by atoms with Gasteiger partial charge in [-0.1, -0.05) is 34.8 Å². The average Bonchev–Trinajstić information content (AvgIpc) is 3.11. The lowest BCUT2D eigenvalue weighted by molar-refractivity contribution is -0.136. The number of nitrogens with zero attached hydrogens (tertiary/aromatic N) is 3. The number of carbonyl (C=O) groups excluding carboxylic acids is 1. The van der Waals surface area contributed by atoms with E-state index in [-0.39, 0.29) is 5.91 Å². The number of aryl methyl sites for hydroxylation is 1. The van der Waals surface area contributed by atoms with Gasteiger partial charge in [-0.05, 0) is 50.5 Å². The van der Waals surface area contributed by atoms with Crippen molar-refractivity contribution in [1.82, 2.24) is 15.0 Å². The number of carbonyl (C=O) groups is 1. The summed E-state index contributed by atoms with van der Waals surface area (Å²) in [6.07, 6.45) is 11.2. The Kier molecular flexibility index (Phi) is 4.76. The molecule has 0 radical (unpaired) electrons. The third-order valence-electron chi connectivity index (χ3n) is 7.09. The third-order valence-corrected chi connectivity index (χ3v) is 7.27. The molecule has 0 aromatic carbocycles. The monoisotopic (exact) mass is 389 g/mol. The summed E-state index contributed by atoms with van der Waals surface area (Å²) in [5.41, 5.74) is 1.55. The van der Waals surface area contributed by atoms with Crippen LogP contribution in [0.25, 0.3) is 0 Å². The molecule has 1 amide bonds. The molecule has 3 saturated heterocycles. The predicted octanol–water partition coefficient (Wildman–Crippen LogP) is 3.68. The molecule has 0 saturated carbocycles. The van der Waals surface area contributed by atoms with Crippen LogP contribution in [0.2, 0.25) is 5.15 Å². The van der Waals surface area contributed by atoms with Crippen LogP contribution in [0.3, 0.4) is 0 Å². The maximum absolute atomic E-state index is 13.1. The van der Waals surface area contributed by atoms with Crippen LogP contribution >= 0.6 is 11.6 Å². The Morgan fingerprint density at radius 3 is 3.07 bits per heavy atom. The Morgan fingerprint density at radius 2 is 2.22 bits per heavy atom. The van der Waals surface area contributed by atoms with Crippen molar-refractivity contribution >= 4 is 17.5 Å². The number of hydrogen-bond donors (Lipinski definition) is 0. The average molecular weight is 390 g/mol. The molecule has 3 fully saturated rings. The minimum atomic E-state index is 0.248. The largest absolute Gasteiger partial charge is 0.360 e. The number of rotatable bonds is 3. The molecule has 4 heterocycles. The molecule has 0 spiro atoms. The van der Waals surface area contributed by atoms with Gasteiger partial charge >= 0.3 is 0 Å². The zero-order valence-corrected chi connectivity index (χ0v) is 16.5. The van der Waals surface area contributed by atoms with Gasteiger partial charge < -0.3 is 9.42 Å². The van der Waals surface area contributed by atoms with Crippen LogP contribution in [0.5, 0.6) is 0 Å². The summed E-state index contributed by atoms with van der Waals surface area (Å²) < 4.78 is 5.16. The molecule has 1 aliphatic carbocycles. The van der Waals surface area contributed by atoms with E-state index in [9.17, 15) is 4.79 Å². The quantitative estimate of drug-likeness (QED) is 0.740. The van der Waals surface area contributed by atoms with Crippen molar-refractivity contribution in [2.45, 2.75) is 63.5 Å². The Balaban J connectivity index is 1.32. The number of amides is 1. The first kappa shape index (κ1) is 17.7. The number of hydrogen-bond acceptors (Lipinski definition) is 4. The molecule has 27 heavy (non-hydrogen) atoms. The molecule has 4 aliphatic rings. The van der Waals surface area contributed by atoms with E-state index in [1.54, 1.807) is 11.6 Å². The molecule has 3 aliphatic heterocycles. The van der Waals surface area contributed by atoms with Crippen LogP contribution in [-0.4, -0.2) is 52.6 Å². The van der Waals surface area contributed by atoms with Crippen molar-refractivity contribution in [3.63, 3.8) is 0 Å². The van der Waals surface area contributed by atoms with Crippen molar-refractivity contribution < 1.29 is 9.32 Å². The number of piperidine rings is 3. The lowest BCUT2D eigenvalue weighted by Crippen LogP contribution is -2.60. The standard InChI is InChI=1S/C21H28ClN3O2/c22-19-12-17(27-23-19)6-7-20(26)25-9-3-4-14-10-15-11-16(21(14)25)13-24-8-2-1-5-18(15)24/h10,12,15-16,18,21H,1-9,11,13H2/t15-,16-,18?,21?/m0/s1. The fraction of sp³-hybridized carbons (Fsp3) is 0.714. The highest BCUT2D eigenvalue weighted by Gasteiger charge is 2.46. The van der Waals surface area contributed by atoms with Gasteiger partial charge in [0.05, 0.1) is 6.04 Å². The normalized spacial score (nSPS) is 33.2. The van der Waals surface area contributed by atoms with Crippen LogP contribution in [0.1, 0.15) is 50.7 Å². The Labute approximate surface area is 165 Å². The van der Waals surface area contributed by atoms with Gasteiger partial charge in [0.25, 0.3) is 0 Å². The summed E-state index contributed by atoms with van der Waals surface area (Å²) in [6, 6.07) is 2.79. The van der Waals surface area contributed by atoms with Crippen LogP contribution in [0, 0.1) is 11.8 Å². The molecule has 146 valence electrons. The zero-order valence-electron chi connectivity index (χ0n) is 15.8. The first-order chi connectivity index (χ1) is 13.2. The summed E-state index contributed by atoms with van der Waals surface area (Å²) in [6.45, 7) is 3.31. The molecule has 4 atom stereocenters. The maximum atomic E-state index is 13.1. The SMILES string of the molecule is O=C(CCc1cc(Cl)no1)N1CCCC2=C[C@H]3C[C@@H](CN4CCCCC34)C21. The summed E-state index contributed by atoms with van der Waals surface area (Å²) in [5.74, 6) is 2.26. The predicted molar refractivity (Wildman–Crippen MR) is 103 cm³/mol. The summed E-state index contributed by atoms with van der Waals surface area (Å²) in [5, 5.41) is 4.06. The third kappa shape index (κ3) is 3.33. The fourth-order valence-electron chi connectivity index (χ4n) is 6.03. The smallest absolute Gasteiger partial charge is 0.223 e. The number of aromatic nitrogens is 1. The molecule has 5 nitrogen and oxygen atoms in total. The van der Waals surface area contributed by atoms with Gasteiger partial charge in [0, 0.05) is 38.0 Å². The Bertz CT molecular complexity index is 746. The number of halogens is 1. The molecule has 6 heteroatoms. The Hall–Kier alpha value is -1.33. The maximum Gasteiger partial charge on any atom is 0.223 e. The van der Waals surface area contributed by atoms with E-state index >= 15 is 0 Å². The summed E-state index contributed by atoms with van der Waals surface area (Å²) >= 11 is 5.82. The van der Waals surface area contributed by atoms with E-state index in [4.69, 9.17) is 16.1 Å². The topological polar surface area (TPSA) is 49.6 Å². The molecular formula is C21H28ClN3O2. The van der Waals surface area contributed by atoms with Gasteiger partial charge in [-0.25, -0.2) is 0 Å². The van der Waals surface area contributed by atoms with E-state index in [0.29, 0.717) is 41.6 Å². The van der Waals surface area contributed by atoms with Crippen LogP contribution in [0.4, 0.5) is 0 Å². The molecule has 5 rings (SSSR count). The molecular weight excluding hydrogens is 362 g/mol. The highest BCUT2D eigenvalue weighted by molar-refractivity contribution is 6.29. The lowest BCUT2D eigenvalue weighted by Gasteiger charge is -2.54. The van der Waals surface area contributed by atoms with E-state index in [1.165, 1.54) is 45.2 Å². The molecule has 1 aromatic heterocycles. The second-order valence-corrected chi connectivity index (χ2v) is 9.10. The van der Waals surface area contributed by atoms with Gasteiger partial charge in [-0.2, -0.15) is 0 Å².